The molecule has 4 bridgehead atoms. The van der Waals surface area contributed by atoms with Crippen LogP contribution in [0.25, 0.3) is 0 Å². The third kappa shape index (κ3) is 3.65. The van der Waals surface area contributed by atoms with Gasteiger partial charge in [0.05, 0.1) is 0 Å². The first kappa shape index (κ1) is 17.7. The van der Waals surface area contributed by atoms with Crippen molar-refractivity contribution >= 4 is 49.5 Å². The monoisotopic (exact) mass is 492 g/mol. The molecule has 6 rings (SSSR count). The van der Waals surface area contributed by atoms with E-state index in [9.17, 15) is 0 Å². The Morgan fingerprint density at radius 2 is 1.23 bits per heavy atom. The molecule has 0 aliphatic heterocycles. The second kappa shape index (κ2) is 7.58. The molecule has 0 radical (unpaired) electrons. The summed E-state index contributed by atoms with van der Waals surface area (Å²) in [6, 6.07) is 22.6. The Hall–Kier alpha value is -0.351. The van der Waals surface area contributed by atoms with Gasteiger partial charge < -0.3 is 0 Å². The Labute approximate surface area is 171 Å². The van der Waals surface area contributed by atoms with E-state index in [1.54, 1.807) is 35.1 Å². The van der Waals surface area contributed by atoms with Gasteiger partial charge in [-0.25, -0.2) is 0 Å². The fourth-order valence-electron chi connectivity index (χ4n) is 5.77. The average molecular weight is 490 g/mol. The third-order valence-corrected chi connectivity index (χ3v) is 16.2. The van der Waals surface area contributed by atoms with Crippen LogP contribution < -0.4 is 8.92 Å². The van der Waals surface area contributed by atoms with Gasteiger partial charge >= 0.3 is 172 Å². The Bertz CT molecular complexity index is 749. The van der Waals surface area contributed by atoms with Crippen LogP contribution in [0.5, 0.6) is 0 Å². The standard InChI is InChI=1S/C23H25PSe2/c1-3-7-20(8-4-1)25-22(24-26-21-9-5-2-6-10-21)23-14-17-11-18(15-23)13-19(12-17)16-23/h1-10,17-19H,11-16H2. The fourth-order valence-corrected chi connectivity index (χ4v) is 15.4. The van der Waals surface area contributed by atoms with Crippen molar-refractivity contribution in [1.29, 1.82) is 0 Å². The van der Waals surface area contributed by atoms with Gasteiger partial charge in [0.15, 0.2) is 0 Å². The van der Waals surface area contributed by atoms with Crippen LogP contribution in [-0.2, 0) is 0 Å². The molecule has 0 spiro atoms. The van der Waals surface area contributed by atoms with Crippen molar-refractivity contribution < 1.29 is 0 Å². The predicted molar refractivity (Wildman–Crippen MR) is 116 cm³/mol. The van der Waals surface area contributed by atoms with Gasteiger partial charge in [0.1, 0.15) is 0 Å². The van der Waals surface area contributed by atoms with Crippen LogP contribution in [0.4, 0.5) is 0 Å². The minimum absolute atomic E-state index is 0.533. The first-order chi connectivity index (χ1) is 12.8. The van der Waals surface area contributed by atoms with Gasteiger partial charge in [-0.05, 0) is 0 Å². The first-order valence-electron chi connectivity index (χ1n) is 9.82. The van der Waals surface area contributed by atoms with E-state index < -0.39 is 0 Å². The molecule has 0 heterocycles. The zero-order valence-electron chi connectivity index (χ0n) is 15.0. The van der Waals surface area contributed by atoms with Crippen LogP contribution in [0.1, 0.15) is 38.5 Å². The molecule has 26 heavy (non-hydrogen) atoms. The third-order valence-electron chi connectivity index (χ3n) is 6.43. The van der Waals surface area contributed by atoms with Gasteiger partial charge in [0.25, 0.3) is 0 Å². The maximum atomic E-state index is 2.37. The summed E-state index contributed by atoms with van der Waals surface area (Å²) in [6.45, 7) is 1.67. The minimum atomic E-state index is 0.533. The SMILES string of the molecule is c1ccc([Se]P=C([Se]c2ccccc2)C23CC4CC(CC(C4)C2)C3)cc1. The molecule has 0 nitrogen and oxygen atoms in total. The number of hydrogen-bond donors (Lipinski definition) is 0. The molecular weight excluding hydrogens is 465 g/mol. The Kier molecular flexibility index (Phi) is 5.17. The average Bonchev–Trinajstić information content (AvgIpc) is 2.65. The van der Waals surface area contributed by atoms with E-state index in [1.807, 2.05) is 4.19 Å². The van der Waals surface area contributed by atoms with E-state index in [-0.39, 0.29) is 0 Å². The van der Waals surface area contributed by atoms with Crippen LogP contribution in [0.2, 0.25) is 0 Å². The molecule has 134 valence electrons. The topological polar surface area (TPSA) is 0 Å². The van der Waals surface area contributed by atoms with Crippen LogP contribution >= 0.6 is 6.89 Å². The van der Waals surface area contributed by atoms with Gasteiger partial charge in [0, 0.05) is 0 Å². The van der Waals surface area contributed by atoms with Gasteiger partial charge in [0.2, 0.25) is 0 Å². The molecule has 0 N–H and O–H groups in total. The van der Waals surface area contributed by atoms with Gasteiger partial charge in [-0.2, -0.15) is 0 Å². The van der Waals surface area contributed by atoms with Crippen molar-refractivity contribution in [2.45, 2.75) is 38.5 Å². The molecule has 0 amide bonds. The molecule has 0 saturated heterocycles. The first-order valence-corrected chi connectivity index (χ1v) is 15.5. The summed E-state index contributed by atoms with van der Waals surface area (Å²) in [7, 11) is 0. The van der Waals surface area contributed by atoms with E-state index in [0.29, 0.717) is 34.9 Å². The molecule has 4 aliphatic rings. The molecule has 4 aliphatic carbocycles. The van der Waals surface area contributed by atoms with Crippen molar-refractivity contribution in [2.75, 3.05) is 0 Å². The summed E-state index contributed by atoms with van der Waals surface area (Å²) in [4.78, 5) is 0. The molecule has 0 unspecified atom stereocenters. The number of benzene rings is 2. The normalized spacial score (nSPS) is 32.8. The van der Waals surface area contributed by atoms with Crippen molar-refractivity contribution in [3.8, 4) is 0 Å². The summed E-state index contributed by atoms with van der Waals surface area (Å²) in [5.74, 6) is 3.13. The second-order valence-electron chi connectivity index (χ2n) is 8.41. The Balaban J connectivity index is 1.47. The van der Waals surface area contributed by atoms with Crippen LogP contribution in [0, 0.1) is 23.2 Å². The van der Waals surface area contributed by atoms with Crippen LogP contribution in [0.15, 0.2) is 60.7 Å². The molecule has 4 saturated carbocycles. The van der Waals surface area contributed by atoms with Crippen LogP contribution in [-0.4, -0.2) is 33.7 Å². The van der Waals surface area contributed by atoms with Gasteiger partial charge in [-0.15, -0.1) is 0 Å². The van der Waals surface area contributed by atoms with Crippen molar-refractivity contribution in [3.05, 3.63) is 60.7 Å². The van der Waals surface area contributed by atoms with E-state index in [1.165, 1.54) is 19.3 Å². The maximum absolute atomic E-state index is 2.37. The van der Waals surface area contributed by atoms with E-state index in [4.69, 9.17) is 0 Å². The molecule has 3 heteroatoms. The fraction of sp³-hybridized carbons (Fsp3) is 0.435. The summed E-state index contributed by atoms with van der Waals surface area (Å²) in [5.41, 5.74) is 0.600. The van der Waals surface area contributed by atoms with Gasteiger partial charge in [-0.3, -0.25) is 0 Å². The summed E-state index contributed by atoms with van der Waals surface area (Å²) in [5, 5.41) is 0. The van der Waals surface area contributed by atoms with E-state index >= 15 is 0 Å². The van der Waals surface area contributed by atoms with Crippen molar-refractivity contribution in [2.24, 2.45) is 23.2 Å². The molecular formula is C23H25PSe2. The Morgan fingerprint density at radius 3 is 1.77 bits per heavy atom. The van der Waals surface area contributed by atoms with Crippen molar-refractivity contribution in [1.82, 2.24) is 0 Å². The predicted octanol–water partition coefficient (Wildman–Crippen LogP) is 4.25. The van der Waals surface area contributed by atoms with Gasteiger partial charge in [-0.1, -0.05) is 0 Å². The second-order valence-corrected chi connectivity index (χ2v) is 15.5. The summed E-state index contributed by atoms with van der Waals surface area (Å²) >= 11 is 1.10. The molecule has 2 aromatic rings. The van der Waals surface area contributed by atoms with Crippen molar-refractivity contribution in [3.63, 3.8) is 0 Å². The summed E-state index contributed by atoms with van der Waals surface area (Å²) < 4.78 is 5.09. The molecule has 0 atom stereocenters. The number of hydrogen-bond acceptors (Lipinski definition) is 0. The van der Waals surface area contributed by atoms with Crippen LogP contribution in [0.3, 0.4) is 0 Å². The Morgan fingerprint density at radius 1 is 0.731 bits per heavy atom. The van der Waals surface area contributed by atoms with E-state index in [2.05, 4.69) is 60.7 Å². The van der Waals surface area contributed by atoms with E-state index in [0.717, 1.165) is 17.8 Å². The molecule has 4 fully saturated rings. The molecule has 2 aromatic carbocycles. The zero-order valence-corrected chi connectivity index (χ0v) is 19.3. The zero-order chi connectivity index (χ0) is 17.4. The molecule has 0 aromatic heterocycles. The quantitative estimate of drug-likeness (QED) is 0.435. The summed E-state index contributed by atoms with van der Waals surface area (Å²) in [6.07, 6.45) is 9.19. The number of rotatable bonds is 5.